The third-order valence-corrected chi connectivity index (χ3v) is 4.15. The monoisotopic (exact) mass is 265 g/mol. The van der Waals surface area contributed by atoms with Gasteiger partial charge in [0.25, 0.3) is 0 Å². The molecule has 0 spiro atoms. The Bertz CT molecular complexity index is 390. The Labute approximate surface area is 116 Å². The van der Waals surface area contributed by atoms with Crippen LogP contribution in [0.25, 0.3) is 0 Å². The van der Waals surface area contributed by atoms with Crippen molar-refractivity contribution >= 4 is 0 Å². The minimum Gasteiger partial charge on any atom is -0.309 e. The van der Waals surface area contributed by atoms with Crippen LogP contribution in [0.3, 0.4) is 0 Å². The predicted octanol–water partition coefficient (Wildman–Crippen LogP) is 0.536. The smallest absolute Gasteiger partial charge is 0.0518 e. The molecule has 108 valence electrons. The van der Waals surface area contributed by atoms with Gasteiger partial charge < -0.3 is 10.2 Å². The number of nitrogens with one attached hydrogen (secondary N) is 1. The molecule has 1 aromatic rings. The third-order valence-electron chi connectivity index (χ3n) is 4.15. The summed E-state index contributed by atoms with van der Waals surface area (Å²) in [5.41, 5.74) is 1.44. The van der Waals surface area contributed by atoms with Crippen molar-refractivity contribution < 1.29 is 0 Å². The molecule has 0 saturated carbocycles. The summed E-state index contributed by atoms with van der Waals surface area (Å²) >= 11 is 0. The van der Waals surface area contributed by atoms with Crippen molar-refractivity contribution in [2.24, 2.45) is 7.05 Å². The molecule has 1 fully saturated rings. The minimum absolute atomic E-state index is 0.208. The van der Waals surface area contributed by atoms with Gasteiger partial charge in [-0.05, 0) is 27.0 Å². The molecule has 0 atom stereocenters. The van der Waals surface area contributed by atoms with E-state index in [2.05, 4.69) is 47.2 Å². The first-order valence-electron chi connectivity index (χ1n) is 7.10. The lowest BCUT2D eigenvalue weighted by Gasteiger charge is -2.43. The second kappa shape index (κ2) is 6.03. The molecule has 1 saturated heterocycles. The van der Waals surface area contributed by atoms with Crippen molar-refractivity contribution in [2.45, 2.75) is 25.9 Å². The molecule has 0 bridgehead atoms. The normalized spacial score (nSPS) is 18.9. The fraction of sp³-hybridized carbons (Fsp3) is 0.786. The molecule has 5 heteroatoms. The van der Waals surface area contributed by atoms with Crippen LogP contribution in [0.1, 0.15) is 19.5 Å². The Morgan fingerprint density at radius 3 is 2.47 bits per heavy atom. The van der Waals surface area contributed by atoms with E-state index < -0.39 is 0 Å². The van der Waals surface area contributed by atoms with E-state index >= 15 is 0 Å². The maximum Gasteiger partial charge on any atom is 0.0518 e. The largest absolute Gasteiger partial charge is 0.309 e. The zero-order chi connectivity index (χ0) is 13.9. The average Bonchev–Trinajstić information content (AvgIpc) is 2.75. The number of likely N-dealkylation sites (N-methyl/N-ethyl adjacent to an activating group) is 1. The zero-order valence-corrected chi connectivity index (χ0v) is 12.7. The Morgan fingerprint density at radius 1 is 1.21 bits per heavy atom. The third kappa shape index (κ3) is 3.78. The van der Waals surface area contributed by atoms with Crippen molar-refractivity contribution in [2.75, 3.05) is 39.8 Å². The van der Waals surface area contributed by atoms with Crippen LogP contribution in [-0.4, -0.2) is 64.9 Å². The van der Waals surface area contributed by atoms with Gasteiger partial charge in [-0.25, -0.2) is 0 Å². The van der Waals surface area contributed by atoms with Gasteiger partial charge in [0.05, 0.1) is 5.69 Å². The van der Waals surface area contributed by atoms with Gasteiger partial charge in [0.15, 0.2) is 0 Å². The summed E-state index contributed by atoms with van der Waals surface area (Å²) in [7, 11) is 4.19. The molecule has 1 aliphatic heterocycles. The van der Waals surface area contributed by atoms with Gasteiger partial charge in [0, 0.05) is 58.1 Å². The molecule has 19 heavy (non-hydrogen) atoms. The molecule has 0 radical (unpaired) electrons. The molecule has 5 nitrogen and oxygen atoms in total. The minimum atomic E-state index is 0.208. The van der Waals surface area contributed by atoms with Crippen molar-refractivity contribution in [3.05, 3.63) is 18.0 Å². The summed E-state index contributed by atoms with van der Waals surface area (Å²) in [5, 5.41) is 7.75. The van der Waals surface area contributed by atoms with E-state index in [0.717, 1.165) is 26.2 Å². The Hall–Kier alpha value is -0.910. The fourth-order valence-electron chi connectivity index (χ4n) is 2.59. The molecular formula is C14H27N5. The van der Waals surface area contributed by atoms with Crippen LogP contribution in [0.2, 0.25) is 0 Å². The van der Waals surface area contributed by atoms with Gasteiger partial charge in [0.1, 0.15) is 0 Å². The summed E-state index contributed by atoms with van der Waals surface area (Å²) in [5.74, 6) is 0. The van der Waals surface area contributed by atoms with Crippen LogP contribution in [0, 0.1) is 0 Å². The van der Waals surface area contributed by atoms with E-state index in [1.807, 2.05) is 17.9 Å². The molecule has 0 unspecified atom stereocenters. The van der Waals surface area contributed by atoms with E-state index in [-0.39, 0.29) is 5.54 Å². The lowest BCUT2D eigenvalue weighted by atomic mass is 10.0. The van der Waals surface area contributed by atoms with Gasteiger partial charge in [0.2, 0.25) is 0 Å². The van der Waals surface area contributed by atoms with E-state index in [1.165, 1.54) is 18.8 Å². The standard InChI is InChI=1S/C14H27N5/c1-14(2,19-9-7-17(3)8-10-19)12-15-11-13-5-6-16-18(13)4/h5-6,15H,7-12H2,1-4H3. The highest BCUT2D eigenvalue weighted by Crippen LogP contribution is 2.15. The number of aryl methyl sites for hydroxylation is 1. The number of piperazine rings is 1. The lowest BCUT2D eigenvalue weighted by Crippen LogP contribution is -2.57. The van der Waals surface area contributed by atoms with E-state index in [1.54, 1.807) is 0 Å². The Balaban J connectivity index is 1.79. The molecule has 1 N–H and O–H groups in total. The van der Waals surface area contributed by atoms with Crippen LogP contribution in [0.4, 0.5) is 0 Å². The van der Waals surface area contributed by atoms with Gasteiger partial charge in [-0.1, -0.05) is 0 Å². The molecule has 2 heterocycles. The molecule has 0 aromatic carbocycles. The molecule has 0 amide bonds. The topological polar surface area (TPSA) is 36.3 Å². The lowest BCUT2D eigenvalue weighted by molar-refractivity contribution is 0.0617. The summed E-state index contributed by atoms with van der Waals surface area (Å²) in [6, 6.07) is 2.07. The van der Waals surface area contributed by atoms with E-state index in [4.69, 9.17) is 0 Å². The molecule has 0 aliphatic carbocycles. The highest BCUT2D eigenvalue weighted by Gasteiger charge is 2.28. The van der Waals surface area contributed by atoms with Crippen LogP contribution in [0.5, 0.6) is 0 Å². The Morgan fingerprint density at radius 2 is 1.89 bits per heavy atom. The van der Waals surface area contributed by atoms with Gasteiger partial charge in [-0.2, -0.15) is 5.10 Å². The highest BCUT2D eigenvalue weighted by molar-refractivity contribution is 4.99. The van der Waals surface area contributed by atoms with Crippen molar-refractivity contribution in [3.63, 3.8) is 0 Å². The predicted molar refractivity (Wildman–Crippen MR) is 78.1 cm³/mol. The quantitative estimate of drug-likeness (QED) is 0.843. The van der Waals surface area contributed by atoms with Crippen molar-refractivity contribution in [1.82, 2.24) is 24.9 Å². The molecular weight excluding hydrogens is 238 g/mol. The van der Waals surface area contributed by atoms with Crippen molar-refractivity contribution in [1.29, 1.82) is 0 Å². The second-order valence-corrected chi connectivity index (χ2v) is 6.15. The van der Waals surface area contributed by atoms with Crippen LogP contribution in [0.15, 0.2) is 12.3 Å². The van der Waals surface area contributed by atoms with Crippen molar-refractivity contribution in [3.8, 4) is 0 Å². The number of aromatic nitrogens is 2. The van der Waals surface area contributed by atoms with E-state index in [9.17, 15) is 0 Å². The molecule has 1 aliphatic rings. The first-order valence-corrected chi connectivity index (χ1v) is 7.10. The first kappa shape index (κ1) is 14.5. The number of nitrogens with zero attached hydrogens (tertiary/aromatic N) is 4. The number of rotatable bonds is 5. The summed E-state index contributed by atoms with van der Waals surface area (Å²) in [6.45, 7) is 11.2. The first-order chi connectivity index (χ1) is 8.99. The zero-order valence-electron chi connectivity index (χ0n) is 12.7. The SMILES string of the molecule is CN1CCN(C(C)(C)CNCc2ccnn2C)CC1. The van der Waals surface area contributed by atoms with Crippen LogP contribution >= 0.6 is 0 Å². The highest BCUT2D eigenvalue weighted by atomic mass is 15.3. The summed E-state index contributed by atoms with van der Waals surface area (Å²) in [6.07, 6.45) is 1.85. The van der Waals surface area contributed by atoms with Gasteiger partial charge in [-0.15, -0.1) is 0 Å². The second-order valence-electron chi connectivity index (χ2n) is 6.15. The van der Waals surface area contributed by atoms with Gasteiger partial charge in [-0.3, -0.25) is 9.58 Å². The average molecular weight is 265 g/mol. The fourth-order valence-corrected chi connectivity index (χ4v) is 2.59. The molecule has 1 aromatic heterocycles. The maximum atomic E-state index is 4.19. The molecule has 2 rings (SSSR count). The summed E-state index contributed by atoms with van der Waals surface area (Å²) < 4.78 is 1.93. The van der Waals surface area contributed by atoms with Gasteiger partial charge >= 0.3 is 0 Å². The number of hydrogen-bond acceptors (Lipinski definition) is 4. The van der Waals surface area contributed by atoms with Crippen LogP contribution in [-0.2, 0) is 13.6 Å². The van der Waals surface area contributed by atoms with E-state index in [0.29, 0.717) is 0 Å². The Kier molecular flexibility index (Phi) is 4.60. The maximum absolute atomic E-state index is 4.19. The number of hydrogen-bond donors (Lipinski definition) is 1. The summed E-state index contributed by atoms with van der Waals surface area (Å²) in [4.78, 5) is 4.99. The van der Waals surface area contributed by atoms with Crippen LogP contribution < -0.4 is 5.32 Å².